The van der Waals surface area contributed by atoms with Crippen LogP contribution in [-0.4, -0.2) is 38.6 Å². The predicted molar refractivity (Wildman–Crippen MR) is 69.4 cm³/mol. The van der Waals surface area contributed by atoms with E-state index in [1.165, 1.54) is 6.26 Å². The maximum absolute atomic E-state index is 12.3. The van der Waals surface area contributed by atoms with E-state index in [-0.39, 0.29) is 5.91 Å². The maximum Gasteiger partial charge on any atom is 0.291 e. The lowest BCUT2D eigenvalue weighted by atomic mass is 10.1. The number of nitrogens with zero attached hydrogens (tertiary/aromatic N) is 1. The molecule has 0 saturated carbocycles. The van der Waals surface area contributed by atoms with Crippen molar-refractivity contribution < 1.29 is 13.4 Å². The zero-order valence-electron chi connectivity index (χ0n) is 9.73. The van der Waals surface area contributed by atoms with Crippen LogP contribution in [0.4, 0.5) is 0 Å². The molecule has 0 radical (unpaired) electrons. The van der Waals surface area contributed by atoms with E-state index in [0.29, 0.717) is 28.3 Å². The molecule has 94 valence electrons. The van der Waals surface area contributed by atoms with Crippen molar-refractivity contribution in [2.75, 3.05) is 18.1 Å². The number of hydrogen-bond donors (Lipinski definition) is 0. The molecule has 0 aliphatic carbocycles. The van der Waals surface area contributed by atoms with E-state index in [4.69, 9.17) is 4.42 Å². The van der Waals surface area contributed by atoms with Gasteiger partial charge in [-0.15, -0.1) is 0 Å². The first kappa shape index (κ1) is 12.8. The topological polar surface area (TPSA) is 50.5 Å². The molecule has 0 bridgehead atoms. The maximum atomic E-state index is 12.3. The fraction of sp³-hybridized carbons (Fsp3) is 0.545. The first-order valence-corrected chi connectivity index (χ1v) is 7.60. The average molecular weight is 320 g/mol. The Labute approximate surface area is 111 Å². The monoisotopic (exact) mass is 319 g/mol. The Morgan fingerprint density at radius 1 is 1.59 bits per heavy atom. The van der Waals surface area contributed by atoms with Gasteiger partial charge >= 0.3 is 0 Å². The third-order valence-electron chi connectivity index (χ3n) is 2.84. The Morgan fingerprint density at radius 3 is 2.82 bits per heavy atom. The van der Waals surface area contributed by atoms with Crippen molar-refractivity contribution in [3.8, 4) is 0 Å². The lowest BCUT2D eigenvalue weighted by molar-refractivity contribution is 0.0560. The molecular weight excluding hydrogens is 306 g/mol. The van der Waals surface area contributed by atoms with Gasteiger partial charge in [0.15, 0.2) is 0 Å². The number of carbonyl (C=O) groups is 1. The molecule has 4 nitrogen and oxygen atoms in total. The highest BCUT2D eigenvalue weighted by molar-refractivity contribution is 9.10. The van der Waals surface area contributed by atoms with Crippen molar-refractivity contribution in [2.24, 2.45) is 0 Å². The summed E-state index contributed by atoms with van der Waals surface area (Å²) in [5.41, 5.74) is -0.396. The van der Waals surface area contributed by atoms with Crippen molar-refractivity contribution >= 4 is 32.6 Å². The second-order valence-corrected chi connectivity index (χ2v) is 7.09. The van der Waals surface area contributed by atoms with Gasteiger partial charge in [-0.1, -0.05) is 0 Å². The minimum absolute atomic E-state index is 0.149. The highest BCUT2D eigenvalue weighted by atomic mass is 79.9. The third kappa shape index (κ3) is 2.47. The van der Waals surface area contributed by atoms with Gasteiger partial charge in [0.1, 0.15) is 0 Å². The van der Waals surface area contributed by atoms with Crippen molar-refractivity contribution in [3.63, 3.8) is 0 Å². The average Bonchev–Trinajstić information content (AvgIpc) is 2.62. The van der Waals surface area contributed by atoms with Gasteiger partial charge in [-0.05, 0) is 35.8 Å². The number of rotatable bonds is 1. The molecule has 1 aliphatic heterocycles. The zero-order chi connectivity index (χ0) is 12.6. The van der Waals surface area contributed by atoms with Crippen molar-refractivity contribution in [1.29, 1.82) is 0 Å². The zero-order valence-corrected chi connectivity index (χ0v) is 12.1. The van der Waals surface area contributed by atoms with Crippen LogP contribution in [0.25, 0.3) is 0 Å². The van der Waals surface area contributed by atoms with Gasteiger partial charge in [0.25, 0.3) is 5.91 Å². The molecule has 1 fully saturated rings. The van der Waals surface area contributed by atoms with E-state index >= 15 is 0 Å². The number of furan rings is 1. The molecule has 17 heavy (non-hydrogen) atoms. The molecule has 1 unspecified atom stereocenters. The van der Waals surface area contributed by atoms with Crippen LogP contribution in [0.2, 0.25) is 0 Å². The summed E-state index contributed by atoms with van der Waals surface area (Å²) in [5.74, 6) is 1.21. The van der Waals surface area contributed by atoms with Crippen LogP contribution in [0.3, 0.4) is 0 Å². The number of hydrogen-bond acceptors (Lipinski definition) is 3. The molecular formula is C11H14BrNO3S. The summed E-state index contributed by atoms with van der Waals surface area (Å²) in [4.78, 5) is 14.0. The van der Waals surface area contributed by atoms with Crippen LogP contribution in [0.1, 0.15) is 24.4 Å². The Kier molecular flexibility index (Phi) is 3.45. The second kappa shape index (κ2) is 4.57. The van der Waals surface area contributed by atoms with E-state index in [0.717, 1.165) is 0 Å². The predicted octanol–water partition coefficient (Wildman–Crippen LogP) is 2.03. The molecule has 1 aromatic rings. The number of carbonyl (C=O) groups excluding carboxylic acids is 1. The second-order valence-electron chi connectivity index (χ2n) is 4.66. The van der Waals surface area contributed by atoms with Gasteiger partial charge < -0.3 is 9.32 Å². The van der Waals surface area contributed by atoms with Gasteiger partial charge in [-0.3, -0.25) is 9.00 Å². The Morgan fingerprint density at radius 2 is 2.29 bits per heavy atom. The van der Waals surface area contributed by atoms with E-state index in [2.05, 4.69) is 15.9 Å². The molecule has 0 spiro atoms. The van der Waals surface area contributed by atoms with Crippen molar-refractivity contribution in [3.05, 3.63) is 22.6 Å². The van der Waals surface area contributed by atoms with E-state index < -0.39 is 16.3 Å². The quantitative estimate of drug-likeness (QED) is 0.795. The molecule has 1 aliphatic rings. The molecule has 1 aromatic heterocycles. The highest BCUT2D eigenvalue weighted by Gasteiger charge is 2.38. The summed E-state index contributed by atoms with van der Waals surface area (Å²) in [6.45, 7) is 4.36. The normalized spacial score (nSPS) is 23.7. The SMILES string of the molecule is CC1(C)CS(=O)CCN1C(=O)c1occc1Br. The number of amides is 1. The third-order valence-corrected chi connectivity index (χ3v) is 5.13. The molecule has 2 rings (SSSR count). The van der Waals surface area contributed by atoms with Gasteiger partial charge in [-0.25, -0.2) is 0 Å². The van der Waals surface area contributed by atoms with Gasteiger partial charge in [-0.2, -0.15) is 0 Å². The standard InChI is InChI=1S/C11H14BrNO3S/c1-11(2)7-17(15)6-4-13(11)10(14)9-8(12)3-5-16-9/h3,5H,4,6-7H2,1-2H3. The van der Waals surface area contributed by atoms with E-state index in [1.54, 1.807) is 11.0 Å². The summed E-state index contributed by atoms with van der Waals surface area (Å²) in [7, 11) is -0.835. The van der Waals surface area contributed by atoms with Gasteiger partial charge in [0.05, 0.1) is 10.7 Å². The lowest BCUT2D eigenvalue weighted by Gasteiger charge is -2.41. The van der Waals surface area contributed by atoms with Crippen molar-refractivity contribution in [2.45, 2.75) is 19.4 Å². The number of halogens is 1. The van der Waals surface area contributed by atoms with E-state index in [1.807, 2.05) is 13.8 Å². The first-order valence-electron chi connectivity index (χ1n) is 5.32. The molecule has 1 atom stereocenters. The molecule has 1 amide bonds. The van der Waals surface area contributed by atoms with Crippen molar-refractivity contribution in [1.82, 2.24) is 4.90 Å². The summed E-state index contributed by atoms with van der Waals surface area (Å²) in [6.07, 6.45) is 1.48. The Balaban J connectivity index is 2.26. The first-order chi connectivity index (χ1) is 7.92. The minimum Gasteiger partial charge on any atom is -0.458 e. The van der Waals surface area contributed by atoms with Crippen LogP contribution in [0.5, 0.6) is 0 Å². The Bertz CT molecular complexity index is 469. The summed E-state index contributed by atoms with van der Waals surface area (Å²) < 4.78 is 17.4. The Hall–Kier alpha value is -0.620. The van der Waals surface area contributed by atoms with Crippen LogP contribution in [-0.2, 0) is 10.8 Å². The lowest BCUT2D eigenvalue weighted by Crippen LogP contribution is -2.56. The van der Waals surface area contributed by atoms with Crippen LogP contribution in [0, 0.1) is 0 Å². The van der Waals surface area contributed by atoms with Gasteiger partial charge in [0.2, 0.25) is 5.76 Å². The summed E-state index contributed by atoms with van der Waals surface area (Å²) in [5, 5.41) is 0. The molecule has 2 heterocycles. The molecule has 1 saturated heterocycles. The fourth-order valence-electron chi connectivity index (χ4n) is 1.99. The molecule has 0 N–H and O–H groups in total. The molecule has 6 heteroatoms. The molecule has 0 aromatic carbocycles. The van der Waals surface area contributed by atoms with Crippen LogP contribution >= 0.6 is 15.9 Å². The highest BCUT2D eigenvalue weighted by Crippen LogP contribution is 2.26. The summed E-state index contributed by atoms with van der Waals surface area (Å²) in [6, 6.07) is 1.70. The van der Waals surface area contributed by atoms with Crippen LogP contribution < -0.4 is 0 Å². The minimum atomic E-state index is -0.835. The fourth-order valence-corrected chi connectivity index (χ4v) is 3.83. The van der Waals surface area contributed by atoms with Crippen LogP contribution in [0.15, 0.2) is 21.2 Å². The summed E-state index contributed by atoms with van der Waals surface area (Å²) >= 11 is 3.28. The van der Waals surface area contributed by atoms with E-state index in [9.17, 15) is 9.00 Å². The largest absolute Gasteiger partial charge is 0.458 e. The van der Waals surface area contributed by atoms with Gasteiger partial charge in [0, 0.05) is 34.4 Å². The smallest absolute Gasteiger partial charge is 0.291 e.